The number of amides is 1. The summed E-state index contributed by atoms with van der Waals surface area (Å²) in [6.07, 6.45) is 1.62. The van der Waals surface area contributed by atoms with Gasteiger partial charge in [-0.3, -0.25) is 4.79 Å². The molecular weight excluding hydrogens is 532 g/mol. The Morgan fingerprint density at radius 3 is 2.66 bits per heavy atom. The predicted molar refractivity (Wildman–Crippen MR) is 152 cm³/mol. The van der Waals surface area contributed by atoms with Gasteiger partial charge in [-0.25, -0.2) is 18.3 Å². The van der Waals surface area contributed by atoms with Gasteiger partial charge >= 0.3 is 0 Å². The Morgan fingerprint density at radius 1 is 1.20 bits per heavy atom. The summed E-state index contributed by atoms with van der Waals surface area (Å²) in [7, 11) is 1.58. The number of nitrogens with two attached hydrogens (primary N) is 1. The van der Waals surface area contributed by atoms with Crippen molar-refractivity contribution in [3.63, 3.8) is 0 Å². The van der Waals surface area contributed by atoms with Gasteiger partial charge < -0.3 is 30.3 Å². The van der Waals surface area contributed by atoms with Crippen molar-refractivity contribution >= 4 is 34.4 Å². The summed E-state index contributed by atoms with van der Waals surface area (Å²) in [6.45, 7) is 4.16. The summed E-state index contributed by atoms with van der Waals surface area (Å²) in [5.74, 6) is 4.32. The van der Waals surface area contributed by atoms with Crippen LogP contribution in [0.5, 0.6) is 5.75 Å². The van der Waals surface area contributed by atoms with Crippen molar-refractivity contribution < 1.29 is 23.0 Å². The lowest BCUT2D eigenvalue weighted by atomic mass is 10.2. The Bertz CT molecular complexity index is 1620. The highest BCUT2D eigenvalue weighted by atomic mass is 19.2. The Hall–Kier alpha value is -4.89. The fraction of sp³-hybridized carbons (Fsp3) is 0.276. The molecule has 1 fully saturated rings. The lowest BCUT2D eigenvalue weighted by molar-refractivity contribution is -0.115. The van der Waals surface area contributed by atoms with E-state index in [0.717, 1.165) is 11.6 Å². The molecule has 1 aliphatic rings. The number of nitrogen functional groups attached to an aromatic ring is 1. The number of hydrogen-bond acceptors (Lipinski definition) is 8. The second-order valence-electron chi connectivity index (χ2n) is 9.32. The highest BCUT2D eigenvalue weighted by Gasteiger charge is 2.23. The van der Waals surface area contributed by atoms with Gasteiger partial charge in [-0.05, 0) is 42.7 Å². The molecule has 12 heteroatoms. The van der Waals surface area contributed by atoms with E-state index in [-0.39, 0.29) is 18.8 Å². The molecule has 0 bridgehead atoms. The van der Waals surface area contributed by atoms with Crippen molar-refractivity contribution in [2.45, 2.75) is 13.5 Å². The summed E-state index contributed by atoms with van der Waals surface area (Å²) in [5.41, 5.74) is 7.89. The van der Waals surface area contributed by atoms with Crippen LogP contribution in [0.2, 0.25) is 0 Å². The van der Waals surface area contributed by atoms with Gasteiger partial charge in [0.25, 0.3) is 0 Å². The third-order valence-corrected chi connectivity index (χ3v) is 6.62. The maximum atomic E-state index is 14.5. The van der Waals surface area contributed by atoms with Gasteiger partial charge in [0.15, 0.2) is 23.1 Å². The number of methoxy groups -OCH3 is 1. The van der Waals surface area contributed by atoms with Crippen LogP contribution >= 0.6 is 0 Å². The monoisotopic (exact) mass is 561 g/mol. The van der Waals surface area contributed by atoms with Gasteiger partial charge in [0.05, 0.1) is 44.4 Å². The minimum atomic E-state index is -1.23. The Morgan fingerprint density at radius 2 is 1.95 bits per heavy atom. The number of halogens is 2. The molecule has 1 aliphatic heterocycles. The average molecular weight is 562 g/mol. The van der Waals surface area contributed by atoms with E-state index in [4.69, 9.17) is 20.3 Å². The van der Waals surface area contributed by atoms with Crippen LogP contribution in [0, 0.1) is 23.5 Å². The number of fused-ring (bicyclic) bond motifs is 1. The molecule has 2 aromatic heterocycles. The SMILES string of the molecule is CC#Cc1cnc2c(N(CC(=O)Nc3c(N)ccc(F)c3F)Cc3ccc(OC)cc3)cc(N3CCOCC3)nn12. The molecule has 0 unspecified atom stereocenters. The number of imidazole rings is 1. The molecule has 1 saturated heterocycles. The van der Waals surface area contributed by atoms with Gasteiger partial charge in [-0.2, -0.15) is 0 Å². The number of hydrogen-bond donors (Lipinski definition) is 2. The number of nitrogens with one attached hydrogen (secondary N) is 1. The number of rotatable bonds is 8. The molecule has 3 heterocycles. The van der Waals surface area contributed by atoms with E-state index in [0.29, 0.717) is 54.9 Å². The van der Waals surface area contributed by atoms with E-state index in [2.05, 4.69) is 27.0 Å². The van der Waals surface area contributed by atoms with Crippen molar-refractivity contribution in [2.24, 2.45) is 0 Å². The van der Waals surface area contributed by atoms with Crippen LogP contribution < -0.4 is 25.6 Å². The largest absolute Gasteiger partial charge is 0.497 e. The van der Waals surface area contributed by atoms with Gasteiger partial charge in [-0.15, -0.1) is 5.10 Å². The molecule has 41 heavy (non-hydrogen) atoms. The van der Waals surface area contributed by atoms with Crippen molar-refractivity contribution in [2.75, 3.05) is 60.8 Å². The number of morpholine rings is 1. The molecule has 4 aromatic rings. The van der Waals surface area contributed by atoms with Crippen LogP contribution in [0.15, 0.2) is 48.7 Å². The van der Waals surface area contributed by atoms with E-state index >= 15 is 0 Å². The average Bonchev–Trinajstić information content (AvgIpc) is 3.40. The summed E-state index contributed by atoms with van der Waals surface area (Å²) in [6, 6.07) is 11.4. The highest BCUT2D eigenvalue weighted by molar-refractivity contribution is 5.97. The minimum absolute atomic E-state index is 0.0871. The zero-order valence-electron chi connectivity index (χ0n) is 22.7. The smallest absolute Gasteiger partial charge is 0.244 e. The summed E-state index contributed by atoms with van der Waals surface area (Å²) in [5, 5.41) is 7.24. The van der Waals surface area contributed by atoms with E-state index in [9.17, 15) is 13.6 Å². The molecule has 2 aromatic carbocycles. The first-order valence-corrected chi connectivity index (χ1v) is 12.9. The minimum Gasteiger partial charge on any atom is -0.497 e. The summed E-state index contributed by atoms with van der Waals surface area (Å²) < 4.78 is 40.9. The van der Waals surface area contributed by atoms with E-state index in [1.807, 2.05) is 30.3 Å². The van der Waals surface area contributed by atoms with Crippen LogP contribution in [0.3, 0.4) is 0 Å². The van der Waals surface area contributed by atoms with Crippen molar-refractivity contribution in [3.8, 4) is 17.6 Å². The number of carbonyl (C=O) groups is 1. The van der Waals surface area contributed by atoms with E-state index < -0.39 is 23.2 Å². The zero-order chi connectivity index (χ0) is 28.9. The standard InChI is InChI=1S/C29H29F2N7O3/c1-3-4-20-16-33-29-24(15-25(35-38(20)29)36-11-13-41-14-12-36)37(17-19-5-7-21(40-2)8-6-19)18-26(39)34-28-23(32)10-9-22(30)27(28)31/h5-10,15-16H,11-14,17-18,32H2,1-2H3,(H,34,39). The second-order valence-corrected chi connectivity index (χ2v) is 9.32. The van der Waals surface area contributed by atoms with Crippen molar-refractivity contribution in [3.05, 3.63) is 71.6 Å². The van der Waals surface area contributed by atoms with Crippen LogP contribution in [0.1, 0.15) is 18.2 Å². The molecule has 5 rings (SSSR count). The fourth-order valence-electron chi connectivity index (χ4n) is 4.56. The number of nitrogens with zero attached hydrogens (tertiary/aromatic N) is 5. The maximum Gasteiger partial charge on any atom is 0.244 e. The first-order valence-electron chi connectivity index (χ1n) is 12.9. The van der Waals surface area contributed by atoms with Gasteiger partial charge in [0.2, 0.25) is 5.91 Å². The van der Waals surface area contributed by atoms with Gasteiger partial charge in [-0.1, -0.05) is 18.1 Å². The quantitative estimate of drug-likeness (QED) is 0.249. The topological polar surface area (TPSA) is 110 Å². The Balaban J connectivity index is 1.57. The summed E-state index contributed by atoms with van der Waals surface area (Å²) >= 11 is 0. The number of benzene rings is 2. The number of ether oxygens (including phenoxy) is 2. The third kappa shape index (κ3) is 6.00. The molecule has 0 spiro atoms. The first-order chi connectivity index (χ1) is 19.9. The molecule has 0 saturated carbocycles. The fourth-order valence-corrected chi connectivity index (χ4v) is 4.56. The van der Waals surface area contributed by atoms with Crippen molar-refractivity contribution in [1.29, 1.82) is 0 Å². The molecule has 10 nitrogen and oxygen atoms in total. The third-order valence-electron chi connectivity index (χ3n) is 6.62. The lowest BCUT2D eigenvalue weighted by Gasteiger charge is -2.30. The van der Waals surface area contributed by atoms with Gasteiger partial charge in [0, 0.05) is 25.7 Å². The van der Waals surface area contributed by atoms with E-state index in [1.165, 1.54) is 6.07 Å². The zero-order valence-corrected chi connectivity index (χ0v) is 22.7. The number of anilines is 4. The highest BCUT2D eigenvalue weighted by Crippen LogP contribution is 2.29. The molecule has 1 amide bonds. The second kappa shape index (κ2) is 12.1. The maximum absolute atomic E-state index is 14.5. The Labute approximate surface area is 235 Å². The number of carbonyl (C=O) groups excluding carboxylic acids is 1. The normalized spacial score (nSPS) is 13.0. The van der Waals surface area contributed by atoms with Crippen molar-refractivity contribution in [1.82, 2.24) is 14.6 Å². The van der Waals surface area contributed by atoms with Gasteiger partial charge in [0.1, 0.15) is 17.1 Å². The van der Waals surface area contributed by atoms with Crippen LogP contribution in [0.4, 0.5) is 31.7 Å². The molecule has 3 N–H and O–H groups in total. The number of aromatic nitrogens is 3. The Kier molecular flexibility index (Phi) is 8.16. The predicted octanol–water partition coefficient (Wildman–Crippen LogP) is 3.45. The summed E-state index contributed by atoms with van der Waals surface area (Å²) in [4.78, 5) is 21.8. The molecule has 0 radical (unpaired) electrons. The molecule has 0 atom stereocenters. The van der Waals surface area contributed by atoms with Crippen LogP contribution in [-0.2, 0) is 16.1 Å². The molecule has 0 aliphatic carbocycles. The molecular formula is C29H29F2N7O3. The van der Waals surface area contributed by atoms with Crippen LogP contribution in [0.25, 0.3) is 5.65 Å². The lowest BCUT2D eigenvalue weighted by Crippen LogP contribution is -2.38. The molecule has 212 valence electrons. The first kappa shape index (κ1) is 27.7. The van der Waals surface area contributed by atoms with E-state index in [1.54, 1.807) is 29.6 Å². The van der Waals surface area contributed by atoms with Crippen LogP contribution in [-0.4, -0.2) is 60.5 Å².